The lowest BCUT2D eigenvalue weighted by molar-refractivity contribution is 0.198. The Kier molecular flexibility index (Phi) is 5.27. The van der Waals surface area contributed by atoms with Crippen LogP contribution in [0.4, 0.5) is 13.9 Å². The monoisotopic (exact) mass is 317 g/mol. The summed E-state index contributed by atoms with van der Waals surface area (Å²) in [5, 5.41) is 21.5. The molecule has 4 nitrogen and oxygen atoms in total. The van der Waals surface area contributed by atoms with Crippen LogP contribution in [-0.4, -0.2) is 27.6 Å². The highest BCUT2D eigenvalue weighted by atomic mass is 32.2. The number of thioether (sulfide) groups is 1. The fraction of sp³-hybridized carbons (Fsp3) is 0.333. The lowest BCUT2D eigenvalue weighted by Gasteiger charge is -2.10. The number of aromatic nitrogens is 2. The molecule has 0 amide bonds. The predicted molar refractivity (Wildman–Crippen MR) is 76.1 cm³/mol. The Balaban J connectivity index is 1.97. The van der Waals surface area contributed by atoms with Gasteiger partial charge in [-0.2, -0.15) is 0 Å². The highest BCUT2D eigenvalue weighted by Gasteiger charge is 2.15. The third kappa shape index (κ3) is 3.87. The standard InChI is InChI=1S/C12H13F2N3OS2/c1-2-15-11-16-17-12(20-11)19-6-10(18)8-5-7(13)3-4-9(8)14/h3-5,10,18H,2,6H2,1H3,(H,15,16)/t10-/m0/s1. The van der Waals surface area contributed by atoms with Crippen LogP contribution >= 0.6 is 23.1 Å². The molecule has 2 aromatic rings. The van der Waals surface area contributed by atoms with E-state index in [2.05, 4.69) is 15.5 Å². The molecule has 20 heavy (non-hydrogen) atoms. The van der Waals surface area contributed by atoms with Crippen molar-refractivity contribution in [3.8, 4) is 0 Å². The van der Waals surface area contributed by atoms with E-state index in [1.165, 1.54) is 23.1 Å². The molecular weight excluding hydrogens is 304 g/mol. The molecule has 0 bridgehead atoms. The summed E-state index contributed by atoms with van der Waals surface area (Å²) in [5.74, 6) is -1.01. The molecule has 8 heteroatoms. The van der Waals surface area contributed by atoms with Crippen molar-refractivity contribution in [1.82, 2.24) is 10.2 Å². The van der Waals surface area contributed by atoms with Gasteiger partial charge in [0.1, 0.15) is 11.6 Å². The minimum Gasteiger partial charge on any atom is -0.387 e. The summed E-state index contributed by atoms with van der Waals surface area (Å²) >= 11 is 2.60. The maximum Gasteiger partial charge on any atom is 0.206 e. The number of hydrogen-bond donors (Lipinski definition) is 2. The molecule has 2 N–H and O–H groups in total. The number of nitrogens with zero attached hydrogens (tertiary/aromatic N) is 2. The Hall–Kier alpha value is -1.25. The fourth-order valence-electron chi connectivity index (χ4n) is 1.50. The van der Waals surface area contributed by atoms with Crippen molar-refractivity contribution in [2.24, 2.45) is 0 Å². The Morgan fingerprint density at radius 2 is 2.20 bits per heavy atom. The Morgan fingerprint density at radius 1 is 1.40 bits per heavy atom. The first-order valence-electron chi connectivity index (χ1n) is 5.93. The quantitative estimate of drug-likeness (QED) is 0.802. The second-order valence-electron chi connectivity index (χ2n) is 3.90. The molecule has 2 rings (SSSR count). The van der Waals surface area contributed by atoms with Crippen LogP contribution in [0.5, 0.6) is 0 Å². The van der Waals surface area contributed by atoms with Crippen molar-refractivity contribution in [3.63, 3.8) is 0 Å². The van der Waals surface area contributed by atoms with Crippen molar-refractivity contribution in [2.45, 2.75) is 17.4 Å². The first-order valence-corrected chi connectivity index (χ1v) is 7.73. The molecule has 1 atom stereocenters. The summed E-state index contributed by atoms with van der Waals surface area (Å²) in [6.07, 6.45) is -1.10. The minimum atomic E-state index is -1.10. The zero-order valence-corrected chi connectivity index (χ0v) is 12.3. The summed E-state index contributed by atoms with van der Waals surface area (Å²) in [6.45, 7) is 2.70. The van der Waals surface area contributed by atoms with E-state index in [1.54, 1.807) is 0 Å². The van der Waals surface area contributed by atoms with Gasteiger partial charge < -0.3 is 10.4 Å². The van der Waals surface area contributed by atoms with Crippen molar-refractivity contribution in [2.75, 3.05) is 17.6 Å². The highest BCUT2D eigenvalue weighted by Crippen LogP contribution is 2.30. The molecule has 108 valence electrons. The van der Waals surface area contributed by atoms with Crippen molar-refractivity contribution >= 4 is 28.2 Å². The Labute approximate surface area is 123 Å². The van der Waals surface area contributed by atoms with Gasteiger partial charge in [-0.25, -0.2) is 8.78 Å². The predicted octanol–water partition coefficient (Wildman–Crippen LogP) is 3.07. The van der Waals surface area contributed by atoms with Gasteiger partial charge >= 0.3 is 0 Å². The summed E-state index contributed by atoms with van der Waals surface area (Å²) < 4.78 is 27.2. The van der Waals surface area contributed by atoms with Gasteiger partial charge in [-0.3, -0.25) is 0 Å². The SMILES string of the molecule is CCNc1nnc(SC[C@H](O)c2cc(F)ccc2F)s1. The van der Waals surface area contributed by atoms with Crippen LogP contribution in [0.25, 0.3) is 0 Å². The van der Waals surface area contributed by atoms with Gasteiger partial charge in [0.05, 0.1) is 6.10 Å². The van der Waals surface area contributed by atoms with Crippen LogP contribution in [0.15, 0.2) is 22.5 Å². The second-order valence-corrected chi connectivity index (χ2v) is 6.14. The second kappa shape index (κ2) is 6.96. The molecular formula is C12H13F2N3OS2. The molecule has 0 aliphatic rings. The normalized spacial score (nSPS) is 12.4. The van der Waals surface area contributed by atoms with Gasteiger partial charge in [0, 0.05) is 17.9 Å². The summed E-state index contributed by atoms with van der Waals surface area (Å²) in [7, 11) is 0. The van der Waals surface area contributed by atoms with Gasteiger partial charge in [0.2, 0.25) is 5.13 Å². The van der Waals surface area contributed by atoms with Gasteiger partial charge in [-0.05, 0) is 25.1 Å². The third-order valence-electron chi connectivity index (χ3n) is 2.42. The number of nitrogens with one attached hydrogen (secondary N) is 1. The third-order valence-corrected chi connectivity index (χ3v) is 4.51. The molecule has 1 aromatic carbocycles. The number of anilines is 1. The maximum absolute atomic E-state index is 13.5. The molecule has 0 radical (unpaired) electrons. The van der Waals surface area contributed by atoms with Crippen molar-refractivity contribution in [1.29, 1.82) is 0 Å². The summed E-state index contributed by atoms with van der Waals surface area (Å²) in [6, 6.07) is 3.03. The molecule has 0 fully saturated rings. The number of hydrogen-bond acceptors (Lipinski definition) is 6. The molecule has 0 saturated heterocycles. The Morgan fingerprint density at radius 3 is 2.95 bits per heavy atom. The van der Waals surface area contributed by atoms with Crippen molar-refractivity contribution in [3.05, 3.63) is 35.4 Å². The maximum atomic E-state index is 13.5. The van der Waals surface area contributed by atoms with Gasteiger partial charge in [0.25, 0.3) is 0 Å². The first-order chi connectivity index (χ1) is 9.60. The number of rotatable bonds is 6. The van der Waals surface area contributed by atoms with Crippen molar-refractivity contribution < 1.29 is 13.9 Å². The lowest BCUT2D eigenvalue weighted by Crippen LogP contribution is -2.04. The van der Waals surface area contributed by atoms with E-state index < -0.39 is 17.7 Å². The zero-order chi connectivity index (χ0) is 14.5. The highest BCUT2D eigenvalue weighted by molar-refractivity contribution is 8.01. The fourth-order valence-corrected chi connectivity index (χ4v) is 3.30. The smallest absolute Gasteiger partial charge is 0.206 e. The average molecular weight is 317 g/mol. The van der Waals surface area contributed by atoms with Crippen LogP contribution < -0.4 is 5.32 Å². The molecule has 1 aromatic heterocycles. The van der Waals surface area contributed by atoms with Crippen LogP contribution in [0, 0.1) is 11.6 Å². The Bertz CT molecular complexity index is 580. The van der Waals surface area contributed by atoms with Crippen LogP contribution in [0.1, 0.15) is 18.6 Å². The number of halogens is 2. The van der Waals surface area contributed by atoms with Gasteiger partial charge in [-0.1, -0.05) is 23.1 Å². The zero-order valence-electron chi connectivity index (χ0n) is 10.6. The summed E-state index contributed by atoms with van der Waals surface area (Å²) in [5.41, 5.74) is -0.0473. The van der Waals surface area contributed by atoms with Crippen LogP contribution in [0.2, 0.25) is 0 Å². The molecule has 0 saturated carbocycles. The summed E-state index contributed by atoms with van der Waals surface area (Å²) in [4.78, 5) is 0. The van der Waals surface area contributed by atoms with E-state index in [0.717, 1.165) is 24.7 Å². The van der Waals surface area contributed by atoms with E-state index >= 15 is 0 Å². The van der Waals surface area contributed by atoms with E-state index in [0.29, 0.717) is 9.47 Å². The number of aliphatic hydroxyl groups excluding tert-OH is 1. The average Bonchev–Trinajstić information content (AvgIpc) is 2.87. The molecule has 0 unspecified atom stereocenters. The van der Waals surface area contributed by atoms with E-state index in [9.17, 15) is 13.9 Å². The van der Waals surface area contributed by atoms with E-state index in [-0.39, 0.29) is 11.3 Å². The van der Waals surface area contributed by atoms with Gasteiger partial charge in [0.15, 0.2) is 4.34 Å². The molecule has 0 spiro atoms. The minimum absolute atomic E-state index is 0.0473. The molecule has 1 heterocycles. The first kappa shape index (κ1) is 15.1. The topological polar surface area (TPSA) is 58.0 Å². The number of benzene rings is 1. The van der Waals surface area contributed by atoms with Crippen LogP contribution in [0.3, 0.4) is 0 Å². The molecule has 0 aliphatic heterocycles. The number of aliphatic hydroxyl groups is 1. The van der Waals surface area contributed by atoms with E-state index in [1.807, 2.05) is 6.92 Å². The van der Waals surface area contributed by atoms with Crippen LogP contribution in [-0.2, 0) is 0 Å². The van der Waals surface area contributed by atoms with Gasteiger partial charge in [-0.15, -0.1) is 10.2 Å². The lowest BCUT2D eigenvalue weighted by atomic mass is 10.1. The van der Waals surface area contributed by atoms with E-state index in [4.69, 9.17) is 0 Å². The molecule has 0 aliphatic carbocycles. The largest absolute Gasteiger partial charge is 0.387 e.